The van der Waals surface area contributed by atoms with Crippen LogP contribution in [0.25, 0.3) is 33.2 Å². The Hall–Kier alpha value is -4.66. The first-order valence-electron chi connectivity index (χ1n) is 16.3. The van der Waals surface area contributed by atoms with Gasteiger partial charge in [-0.25, -0.2) is 21.6 Å². The van der Waals surface area contributed by atoms with Crippen molar-refractivity contribution in [3.63, 3.8) is 0 Å². The minimum absolute atomic E-state index is 0.150. The molecule has 13 heteroatoms. The summed E-state index contributed by atoms with van der Waals surface area (Å²) in [6.45, 7) is -0.520. The smallest absolute Gasteiger partial charge is 0.265 e. The molecule has 2 aliphatic carbocycles. The molecule has 0 radical (unpaired) electrons. The van der Waals surface area contributed by atoms with Crippen molar-refractivity contribution in [1.29, 1.82) is 0 Å². The Labute approximate surface area is 301 Å². The van der Waals surface area contributed by atoms with Crippen molar-refractivity contribution in [3.8, 4) is 21.6 Å². The van der Waals surface area contributed by atoms with Crippen LogP contribution in [-0.4, -0.2) is 51.9 Å². The number of carbonyl (C=O) groups excluding carboxylic acids is 2. The van der Waals surface area contributed by atoms with E-state index in [1.807, 2.05) is 6.07 Å². The number of amides is 2. The monoisotopic (exact) mass is 743 g/mol. The molecule has 3 aliphatic rings. The molecule has 0 saturated heterocycles. The zero-order valence-corrected chi connectivity index (χ0v) is 30.2. The average Bonchev–Trinajstić information content (AvgIpc) is 3.61. The fourth-order valence-corrected chi connectivity index (χ4v) is 9.11. The summed E-state index contributed by atoms with van der Waals surface area (Å²) in [6, 6.07) is 24.5. The van der Waals surface area contributed by atoms with E-state index >= 15 is 0 Å². The SMILES string of the molecule is CS(=O)(=O)NCC(=O)N(O)c1cccc(-c2ccc(C3=Cc4ccc5c(c4CC3)CCc3ccccc3-5)s2)c1.NC(=O)CC1C=CC=CS1(=O)=O. The van der Waals surface area contributed by atoms with Gasteiger partial charge in [0.15, 0.2) is 9.84 Å². The molecule has 4 aromatic rings. The zero-order chi connectivity index (χ0) is 36.3. The number of rotatable bonds is 8. The standard InChI is InChI=1S/C31H28N2O4S2.C7H9NO3S/c1-39(36,37)32-19-31(34)33(35)24-7-4-6-22(18-24)29-15-16-30(38-29)23-11-12-26-21(17-23)10-14-27-25-8-3-2-5-20(25)9-13-28(26)27;8-7(9)5-6-3-1-2-4-12(6,10)11/h2-8,10,14-18,32,35H,9,11-13,19H2,1H3;1-4,6H,5H2,(H2,8,9). The third kappa shape index (κ3) is 8.46. The summed E-state index contributed by atoms with van der Waals surface area (Å²) < 4.78 is 47.0. The molecule has 2 amide bonds. The minimum Gasteiger partial charge on any atom is -0.370 e. The molecule has 0 fully saturated rings. The Bertz CT molecular complexity index is 2320. The molecule has 1 atom stereocenters. The van der Waals surface area contributed by atoms with E-state index in [0.717, 1.165) is 47.8 Å². The van der Waals surface area contributed by atoms with Crippen LogP contribution in [0.1, 0.15) is 40.0 Å². The van der Waals surface area contributed by atoms with Gasteiger partial charge in [0.05, 0.1) is 23.7 Å². The van der Waals surface area contributed by atoms with E-state index in [1.54, 1.807) is 35.6 Å². The maximum Gasteiger partial charge on any atom is 0.265 e. The van der Waals surface area contributed by atoms with Gasteiger partial charge < -0.3 is 5.73 Å². The van der Waals surface area contributed by atoms with Gasteiger partial charge in [-0.05, 0) is 94.5 Å². The molecule has 10 nitrogen and oxygen atoms in total. The van der Waals surface area contributed by atoms with Gasteiger partial charge in [-0.3, -0.25) is 14.8 Å². The molecule has 1 aliphatic heterocycles. The van der Waals surface area contributed by atoms with Gasteiger partial charge in [0.2, 0.25) is 15.9 Å². The van der Waals surface area contributed by atoms with Gasteiger partial charge in [0.1, 0.15) is 0 Å². The van der Waals surface area contributed by atoms with Gasteiger partial charge in [-0.1, -0.05) is 72.8 Å². The van der Waals surface area contributed by atoms with Gasteiger partial charge >= 0.3 is 0 Å². The van der Waals surface area contributed by atoms with Crippen molar-refractivity contribution in [2.24, 2.45) is 5.73 Å². The van der Waals surface area contributed by atoms with Crippen molar-refractivity contribution in [2.45, 2.75) is 37.4 Å². The van der Waals surface area contributed by atoms with Gasteiger partial charge in [0, 0.05) is 21.6 Å². The summed E-state index contributed by atoms with van der Waals surface area (Å²) in [5.41, 5.74) is 15.8. The predicted molar refractivity (Wildman–Crippen MR) is 202 cm³/mol. The summed E-state index contributed by atoms with van der Waals surface area (Å²) in [5.74, 6) is -1.37. The van der Waals surface area contributed by atoms with Gasteiger partial charge in [-0.2, -0.15) is 5.06 Å². The van der Waals surface area contributed by atoms with E-state index < -0.39 is 43.5 Å². The number of primary amides is 1. The largest absolute Gasteiger partial charge is 0.370 e. The third-order valence-corrected chi connectivity index (χ3v) is 12.5. The molecule has 3 aromatic carbocycles. The average molecular weight is 744 g/mol. The second kappa shape index (κ2) is 14.9. The molecule has 4 N–H and O–H groups in total. The highest BCUT2D eigenvalue weighted by Gasteiger charge is 2.25. The molecular weight excluding hydrogens is 707 g/mol. The summed E-state index contributed by atoms with van der Waals surface area (Å²) in [5, 5.41) is 11.1. The molecule has 0 bridgehead atoms. The lowest BCUT2D eigenvalue weighted by Gasteiger charge is -2.26. The molecule has 51 heavy (non-hydrogen) atoms. The first kappa shape index (κ1) is 36.1. The number of sulfone groups is 1. The number of nitrogens with two attached hydrogens (primary N) is 1. The van der Waals surface area contributed by atoms with Gasteiger partial charge in [0.25, 0.3) is 5.91 Å². The summed E-state index contributed by atoms with van der Waals surface area (Å²) in [7, 11) is -6.83. The van der Waals surface area contributed by atoms with Crippen molar-refractivity contribution < 1.29 is 31.6 Å². The van der Waals surface area contributed by atoms with Crippen LogP contribution in [0.15, 0.2) is 96.4 Å². The zero-order valence-electron chi connectivity index (χ0n) is 27.8. The number of aryl methyl sites for hydroxylation is 1. The molecule has 0 saturated carbocycles. The van der Waals surface area contributed by atoms with Crippen LogP contribution < -0.4 is 15.5 Å². The summed E-state index contributed by atoms with van der Waals surface area (Å²) >= 11 is 1.68. The van der Waals surface area contributed by atoms with Crippen LogP contribution in [0.4, 0.5) is 5.69 Å². The Kier molecular flexibility index (Phi) is 10.6. The second-order valence-electron chi connectivity index (χ2n) is 12.5. The number of sulfonamides is 1. The Morgan fingerprint density at radius 1 is 0.922 bits per heavy atom. The highest BCUT2D eigenvalue weighted by molar-refractivity contribution is 7.95. The lowest BCUT2D eigenvalue weighted by Crippen LogP contribution is -2.38. The molecule has 1 unspecified atom stereocenters. The van der Waals surface area contributed by atoms with E-state index in [9.17, 15) is 31.6 Å². The lowest BCUT2D eigenvalue weighted by molar-refractivity contribution is -0.122. The van der Waals surface area contributed by atoms with Crippen LogP contribution in [0.2, 0.25) is 0 Å². The molecule has 0 spiro atoms. The summed E-state index contributed by atoms with van der Waals surface area (Å²) in [4.78, 5) is 24.9. The van der Waals surface area contributed by atoms with E-state index in [4.69, 9.17) is 5.73 Å². The highest BCUT2D eigenvalue weighted by atomic mass is 32.2. The van der Waals surface area contributed by atoms with E-state index in [1.165, 1.54) is 56.0 Å². The maximum atomic E-state index is 12.2. The number of hydrogen-bond acceptors (Lipinski definition) is 8. The first-order valence-corrected chi connectivity index (χ1v) is 20.6. The Balaban J connectivity index is 0.000000318. The number of anilines is 1. The normalized spacial score (nSPS) is 16.8. The number of hydroxylamine groups is 1. The van der Waals surface area contributed by atoms with Crippen molar-refractivity contribution in [1.82, 2.24) is 4.72 Å². The molecule has 1 aromatic heterocycles. The molecule has 7 rings (SSSR count). The first-order chi connectivity index (χ1) is 24.3. The Morgan fingerprint density at radius 3 is 2.45 bits per heavy atom. The van der Waals surface area contributed by atoms with Crippen LogP contribution >= 0.6 is 11.3 Å². The van der Waals surface area contributed by atoms with Crippen LogP contribution in [0.5, 0.6) is 0 Å². The number of hydrogen-bond donors (Lipinski definition) is 3. The van der Waals surface area contributed by atoms with Crippen molar-refractivity contribution in [2.75, 3.05) is 17.9 Å². The van der Waals surface area contributed by atoms with Crippen LogP contribution in [0, 0.1) is 0 Å². The van der Waals surface area contributed by atoms with E-state index in [2.05, 4.69) is 59.3 Å². The fraction of sp³-hybridized carbons (Fsp3) is 0.211. The van der Waals surface area contributed by atoms with E-state index in [-0.39, 0.29) is 12.1 Å². The number of fused-ring (bicyclic) bond motifs is 5. The lowest BCUT2D eigenvalue weighted by atomic mass is 9.78. The predicted octanol–water partition coefficient (Wildman–Crippen LogP) is 5.67. The molecule has 264 valence electrons. The topological polar surface area (TPSA) is 164 Å². The molecule has 2 heterocycles. The number of nitrogens with zero attached hydrogens (tertiary/aromatic N) is 1. The van der Waals surface area contributed by atoms with Crippen LogP contribution in [-0.2, 0) is 48.7 Å². The Morgan fingerprint density at radius 2 is 1.69 bits per heavy atom. The van der Waals surface area contributed by atoms with Crippen molar-refractivity contribution >= 4 is 60.3 Å². The van der Waals surface area contributed by atoms with Crippen LogP contribution in [0.3, 0.4) is 0 Å². The number of nitrogens with one attached hydrogen (secondary N) is 1. The number of allylic oxidation sites excluding steroid dienone is 3. The maximum absolute atomic E-state index is 12.2. The number of benzene rings is 3. The third-order valence-electron chi connectivity index (χ3n) is 8.94. The fourth-order valence-electron chi connectivity index (χ4n) is 6.46. The van der Waals surface area contributed by atoms with E-state index in [0.29, 0.717) is 5.06 Å². The number of thiophene rings is 1. The van der Waals surface area contributed by atoms with Gasteiger partial charge in [-0.15, -0.1) is 11.3 Å². The summed E-state index contributed by atoms with van der Waals surface area (Å²) in [6.07, 6.45) is 11.8. The molecular formula is C38H37N3O7S3. The quantitative estimate of drug-likeness (QED) is 0.155. The van der Waals surface area contributed by atoms with Crippen molar-refractivity contribution in [3.05, 3.63) is 124 Å². The minimum atomic E-state index is -3.54. The number of carbonyl (C=O) groups is 2. The second-order valence-corrected chi connectivity index (χ2v) is 17.5. The highest BCUT2D eigenvalue weighted by Crippen LogP contribution is 2.42.